The van der Waals surface area contributed by atoms with Crippen molar-refractivity contribution in [1.82, 2.24) is 4.98 Å². The summed E-state index contributed by atoms with van der Waals surface area (Å²) in [4.78, 5) is 6.54. The van der Waals surface area contributed by atoms with Gasteiger partial charge in [-0.1, -0.05) is 41.5 Å². The van der Waals surface area contributed by atoms with Gasteiger partial charge in [0.1, 0.15) is 0 Å². The minimum atomic E-state index is 0.503. The monoisotopic (exact) mass is 305 g/mol. The molecule has 0 fully saturated rings. The van der Waals surface area contributed by atoms with E-state index in [9.17, 15) is 0 Å². The predicted octanol–water partition coefficient (Wildman–Crippen LogP) is 6.08. The third-order valence-electron chi connectivity index (χ3n) is 5.15. The van der Waals surface area contributed by atoms with E-state index in [4.69, 9.17) is 4.98 Å². The zero-order chi connectivity index (χ0) is 15.9. The molecule has 0 bridgehead atoms. The molecule has 1 aromatic rings. The largest absolute Gasteiger partial charge is 0.257 e. The molecule has 2 heteroatoms. The molecule has 3 atom stereocenters. The van der Waals surface area contributed by atoms with Crippen LogP contribution in [0.5, 0.6) is 0 Å². The third kappa shape index (κ3) is 3.16. The molecule has 0 saturated heterocycles. The minimum absolute atomic E-state index is 0.503. The standard InChI is InChI=1S/C19H31NS/c1-10(2)16-9-12(5)15(8)21-19-13(6)14(7)20-18(11(3)4)17(16)19/h10-12,15-16H,9H2,1-8H3/t12-,15-,16?/m1/s1. The molecule has 0 N–H and O–H groups in total. The average molecular weight is 306 g/mol. The smallest absolute Gasteiger partial charge is 0.0478 e. The summed E-state index contributed by atoms with van der Waals surface area (Å²) in [6, 6.07) is 0. The van der Waals surface area contributed by atoms with Crippen molar-refractivity contribution < 1.29 is 0 Å². The zero-order valence-corrected chi connectivity index (χ0v) is 15.8. The van der Waals surface area contributed by atoms with E-state index in [2.05, 4.69) is 67.2 Å². The van der Waals surface area contributed by atoms with Crippen molar-refractivity contribution in [2.45, 2.75) is 83.8 Å². The predicted molar refractivity (Wildman–Crippen MR) is 94.5 cm³/mol. The molecule has 2 rings (SSSR count). The molecular formula is C19H31NS. The van der Waals surface area contributed by atoms with Crippen LogP contribution < -0.4 is 0 Å². The number of rotatable bonds is 2. The summed E-state index contributed by atoms with van der Waals surface area (Å²) in [5.74, 6) is 2.59. The molecule has 1 aliphatic rings. The highest BCUT2D eigenvalue weighted by Gasteiger charge is 2.33. The number of nitrogens with zero attached hydrogens (tertiary/aromatic N) is 1. The highest BCUT2D eigenvalue weighted by molar-refractivity contribution is 8.00. The summed E-state index contributed by atoms with van der Waals surface area (Å²) in [5.41, 5.74) is 5.55. The van der Waals surface area contributed by atoms with Crippen molar-refractivity contribution in [1.29, 1.82) is 0 Å². The summed E-state index contributed by atoms with van der Waals surface area (Å²) in [6.45, 7) is 18.6. The summed E-state index contributed by atoms with van der Waals surface area (Å²) >= 11 is 2.09. The van der Waals surface area contributed by atoms with Gasteiger partial charge in [-0.25, -0.2) is 0 Å². The Labute approximate surface area is 135 Å². The van der Waals surface area contributed by atoms with Gasteiger partial charge in [-0.3, -0.25) is 4.98 Å². The number of fused-ring (bicyclic) bond motifs is 1. The van der Waals surface area contributed by atoms with Crippen molar-refractivity contribution >= 4 is 11.8 Å². The number of thioether (sulfide) groups is 1. The van der Waals surface area contributed by atoms with Crippen molar-refractivity contribution in [3.8, 4) is 0 Å². The van der Waals surface area contributed by atoms with E-state index in [1.165, 1.54) is 23.4 Å². The quantitative estimate of drug-likeness (QED) is 0.656. The SMILES string of the molecule is Cc1nc(C(C)C)c2c(c1C)S[C@H](C)[C@H](C)CC2C(C)C. The maximum absolute atomic E-state index is 5.00. The fourth-order valence-electron chi connectivity index (χ4n) is 3.38. The Morgan fingerprint density at radius 3 is 2.24 bits per heavy atom. The Kier molecular flexibility index (Phi) is 5.07. The van der Waals surface area contributed by atoms with Gasteiger partial charge in [-0.05, 0) is 55.1 Å². The van der Waals surface area contributed by atoms with Crippen LogP contribution in [0, 0.1) is 25.7 Å². The maximum atomic E-state index is 5.00. The van der Waals surface area contributed by atoms with E-state index in [0.717, 1.165) is 5.92 Å². The van der Waals surface area contributed by atoms with Gasteiger partial charge < -0.3 is 0 Å². The van der Waals surface area contributed by atoms with Crippen molar-refractivity contribution in [2.75, 3.05) is 0 Å². The molecule has 0 saturated carbocycles. The molecule has 0 aliphatic carbocycles. The molecule has 0 amide bonds. The van der Waals surface area contributed by atoms with E-state index in [1.54, 1.807) is 10.5 Å². The Hall–Kier alpha value is -0.500. The van der Waals surface area contributed by atoms with Gasteiger partial charge in [0.2, 0.25) is 0 Å². The van der Waals surface area contributed by atoms with Crippen LogP contribution in [0.2, 0.25) is 0 Å². The molecule has 118 valence electrons. The number of hydrogen-bond acceptors (Lipinski definition) is 2. The second-order valence-electron chi connectivity index (χ2n) is 7.49. The molecule has 1 aliphatic heterocycles. The van der Waals surface area contributed by atoms with E-state index in [1.807, 2.05) is 0 Å². The number of aryl methyl sites for hydroxylation is 1. The first-order chi connectivity index (χ1) is 9.73. The Balaban J connectivity index is 2.72. The second-order valence-corrected chi connectivity index (χ2v) is 8.88. The van der Waals surface area contributed by atoms with Gasteiger partial charge >= 0.3 is 0 Å². The summed E-state index contributed by atoms with van der Waals surface area (Å²) in [7, 11) is 0. The lowest BCUT2D eigenvalue weighted by Crippen LogP contribution is -2.16. The molecule has 1 nitrogen and oxygen atoms in total. The van der Waals surface area contributed by atoms with E-state index in [0.29, 0.717) is 23.0 Å². The van der Waals surface area contributed by atoms with Crippen LogP contribution in [0.15, 0.2) is 4.90 Å². The first-order valence-corrected chi connectivity index (χ1v) is 9.29. The number of aromatic nitrogens is 1. The lowest BCUT2D eigenvalue weighted by molar-refractivity contribution is 0.387. The molecular weight excluding hydrogens is 274 g/mol. The van der Waals surface area contributed by atoms with E-state index < -0.39 is 0 Å². The van der Waals surface area contributed by atoms with E-state index >= 15 is 0 Å². The molecule has 0 spiro atoms. The molecule has 0 aromatic carbocycles. The van der Waals surface area contributed by atoms with Gasteiger partial charge in [0.15, 0.2) is 0 Å². The zero-order valence-electron chi connectivity index (χ0n) is 14.9. The minimum Gasteiger partial charge on any atom is -0.257 e. The third-order valence-corrected chi connectivity index (χ3v) is 6.74. The van der Waals surface area contributed by atoms with Gasteiger partial charge in [0.25, 0.3) is 0 Å². The lowest BCUT2D eigenvalue weighted by atomic mass is 9.78. The summed E-state index contributed by atoms with van der Waals surface area (Å²) in [5, 5.41) is 0.688. The maximum Gasteiger partial charge on any atom is 0.0478 e. The van der Waals surface area contributed by atoms with Crippen LogP contribution in [0.3, 0.4) is 0 Å². The van der Waals surface area contributed by atoms with Crippen LogP contribution in [0.1, 0.15) is 82.3 Å². The van der Waals surface area contributed by atoms with Crippen molar-refractivity contribution in [3.05, 3.63) is 22.5 Å². The normalized spacial score (nSPS) is 26.1. The number of hydrogen-bond donors (Lipinski definition) is 0. The fraction of sp³-hybridized carbons (Fsp3) is 0.737. The highest BCUT2D eigenvalue weighted by atomic mass is 32.2. The highest BCUT2D eigenvalue weighted by Crippen LogP contribution is 2.48. The molecule has 1 unspecified atom stereocenters. The lowest BCUT2D eigenvalue weighted by Gasteiger charge is -2.27. The van der Waals surface area contributed by atoms with Crippen LogP contribution in [0.25, 0.3) is 0 Å². The average Bonchev–Trinajstić information content (AvgIpc) is 2.52. The van der Waals surface area contributed by atoms with Crippen molar-refractivity contribution in [2.24, 2.45) is 11.8 Å². The molecule has 21 heavy (non-hydrogen) atoms. The Bertz CT molecular complexity index is 519. The summed E-state index contributed by atoms with van der Waals surface area (Å²) in [6.07, 6.45) is 1.29. The molecule has 0 radical (unpaired) electrons. The Morgan fingerprint density at radius 2 is 1.71 bits per heavy atom. The van der Waals surface area contributed by atoms with Crippen LogP contribution in [-0.4, -0.2) is 10.2 Å². The first kappa shape index (κ1) is 16.9. The second kappa shape index (κ2) is 6.32. The van der Waals surface area contributed by atoms with Crippen molar-refractivity contribution in [3.63, 3.8) is 0 Å². The van der Waals surface area contributed by atoms with Crippen LogP contribution in [0.4, 0.5) is 0 Å². The summed E-state index contributed by atoms with van der Waals surface area (Å²) < 4.78 is 0. The first-order valence-electron chi connectivity index (χ1n) is 8.41. The fourth-order valence-corrected chi connectivity index (χ4v) is 4.80. The van der Waals surface area contributed by atoms with Crippen LogP contribution in [-0.2, 0) is 0 Å². The molecule has 1 aromatic heterocycles. The van der Waals surface area contributed by atoms with Gasteiger partial charge in [-0.15, -0.1) is 11.8 Å². The van der Waals surface area contributed by atoms with E-state index in [-0.39, 0.29) is 0 Å². The Morgan fingerprint density at radius 1 is 1.10 bits per heavy atom. The van der Waals surface area contributed by atoms with Gasteiger partial charge in [0, 0.05) is 21.5 Å². The molecule has 2 heterocycles. The van der Waals surface area contributed by atoms with Crippen LogP contribution >= 0.6 is 11.8 Å². The topological polar surface area (TPSA) is 12.9 Å². The van der Waals surface area contributed by atoms with Gasteiger partial charge in [-0.2, -0.15) is 0 Å². The number of pyridine rings is 1. The van der Waals surface area contributed by atoms with Gasteiger partial charge in [0.05, 0.1) is 0 Å².